The van der Waals surface area contributed by atoms with Gasteiger partial charge in [-0.2, -0.15) is 0 Å². The maximum absolute atomic E-state index is 13.8. The number of aliphatic hydroxyl groups excluding tert-OH is 1. The van der Waals surface area contributed by atoms with Crippen LogP contribution in [0.25, 0.3) is 0 Å². The van der Waals surface area contributed by atoms with Crippen LogP contribution in [0, 0.1) is 5.41 Å². The standard InChI is InChI=1S/C23H32N6O4/c1-23(2,3)20(29-11-17(26-27-29)13-4-5-13)22(32)28-10-15(30)8-18(28)21(31)24-9-16-19(14-6-7-14)33-12-25-16/h11-15,18,20,30H,4-10H2,1-3H3,(H,24,31)/t15?,18?,20-/m1/s1. The molecular formula is C23H32N6O4. The lowest BCUT2D eigenvalue weighted by atomic mass is 9.85. The molecule has 2 saturated carbocycles. The third kappa shape index (κ3) is 4.53. The van der Waals surface area contributed by atoms with Crippen molar-refractivity contribution in [2.45, 2.75) is 89.4 Å². The van der Waals surface area contributed by atoms with Crippen molar-refractivity contribution >= 4 is 11.8 Å². The van der Waals surface area contributed by atoms with Crippen molar-refractivity contribution in [3.05, 3.63) is 29.7 Å². The number of hydrogen-bond donors (Lipinski definition) is 2. The molecule has 10 nitrogen and oxygen atoms in total. The maximum atomic E-state index is 13.8. The topological polar surface area (TPSA) is 126 Å². The van der Waals surface area contributed by atoms with Crippen LogP contribution in [0.2, 0.25) is 0 Å². The molecule has 3 heterocycles. The van der Waals surface area contributed by atoms with Crippen LogP contribution in [0.3, 0.4) is 0 Å². The molecule has 2 aliphatic carbocycles. The number of aliphatic hydroxyl groups is 1. The minimum atomic E-state index is -0.753. The molecule has 0 aromatic carbocycles. The molecule has 2 N–H and O–H groups in total. The zero-order chi connectivity index (χ0) is 23.3. The molecule has 5 rings (SSSR count). The fourth-order valence-electron chi connectivity index (χ4n) is 4.70. The van der Waals surface area contributed by atoms with Crippen LogP contribution < -0.4 is 5.32 Å². The summed E-state index contributed by atoms with van der Waals surface area (Å²) in [5, 5.41) is 21.8. The number of β-amino-alcohol motifs (C(OH)–C–C–N with tert-alkyl or cyclic N) is 1. The van der Waals surface area contributed by atoms with E-state index >= 15 is 0 Å². The summed E-state index contributed by atoms with van der Waals surface area (Å²) in [5.74, 6) is 1.13. The summed E-state index contributed by atoms with van der Waals surface area (Å²) in [5.41, 5.74) is 1.18. The summed E-state index contributed by atoms with van der Waals surface area (Å²) in [6.45, 7) is 6.27. The van der Waals surface area contributed by atoms with Gasteiger partial charge in [-0.05, 0) is 31.1 Å². The molecule has 2 amide bonds. The number of oxazole rings is 1. The SMILES string of the molecule is CC(C)(C)[C@@H](C(=O)N1CC(O)CC1C(=O)NCc1ncoc1C1CC1)n1cc(C2CC2)nn1. The fraction of sp³-hybridized carbons (Fsp3) is 0.696. The summed E-state index contributed by atoms with van der Waals surface area (Å²) < 4.78 is 7.11. The molecule has 2 aromatic heterocycles. The Hall–Kier alpha value is -2.75. The third-order valence-corrected chi connectivity index (χ3v) is 6.76. The number of rotatable bonds is 7. The second kappa shape index (κ2) is 8.23. The molecule has 3 aliphatic rings. The Labute approximate surface area is 192 Å². The zero-order valence-corrected chi connectivity index (χ0v) is 19.4. The van der Waals surface area contributed by atoms with Gasteiger partial charge in [-0.15, -0.1) is 5.10 Å². The molecule has 0 bridgehead atoms. The van der Waals surface area contributed by atoms with E-state index in [1.54, 1.807) is 4.68 Å². The first kappa shape index (κ1) is 22.1. The molecule has 1 aliphatic heterocycles. The van der Waals surface area contributed by atoms with E-state index in [4.69, 9.17) is 4.42 Å². The van der Waals surface area contributed by atoms with E-state index in [-0.39, 0.29) is 31.3 Å². The van der Waals surface area contributed by atoms with Gasteiger partial charge < -0.3 is 19.7 Å². The lowest BCUT2D eigenvalue weighted by molar-refractivity contribution is -0.144. The van der Waals surface area contributed by atoms with Crippen molar-refractivity contribution in [1.82, 2.24) is 30.2 Å². The quantitative estimate of drug-likeness (QED) is 0.651. The Morgan fingerprint density at radius 1 is 1.24 bits per heavy atom. The molecule has 178 valence electrons. The van der Waals surface area contributed by atoms with Gasteiger partial charge in [0.2, 0.25) is 11.8 Å². The normalized spacial score (nSPS) is 24.2. The van der Waals surface area contributed by atoms with Crippen LogP contribution in [-0.4, -0.2) is 60.5 Å². The summed E-state index contributed by atoms with van der Waals surface area (Å²) in [4.78, 5) is 32.6. The number of aromatic nitrogens is 4. The average Bonchev–Trinajstić information content (AvgIpc) is 3.65. The van der Waals surface area contributed by atoms with Gasteiger partial charge in [-0.3, -0.25) is 9.59 Å². The highest BCUT2D eigenvalue weighted by atomic mass is 16.3. The number of likely N-dealkylation sites (tertiary alicyclic amines) is 1. The first-order chi connectivity index (χ1) is 15.7. The first-order valence-corrected chi connectivity index (χ1v) is 11.8. The number of nitrogens with zero attached hydrogens (tertiary/aromatic N) is 5. The van der Waals surface area contributed by atoms with Crippen molar-refractivity contribution in [3.63, 3.8) is 0 Å². The van der Waals surface area contributed by atoms with Crippen LogP contribution in [-0.2, 0) is 16.1 Å². The van der Waals surface area contributed by atoms with E-state index in [2.05, 4.69) is 20.6 Å². The molecule has 1 saturated heterocycles. The van der Waals surface area contributed by atoms with Gasteiger partial charge in [-0.1, -0.05) is 26.0 Å². The van der Waals surface area contributed by atoms with Gasteiger partial charge in [0.05, 0.1) is 18.3 Å². The monoisotopic (exact) mass is 456 g/mol. The van der Waals surface area contributed by atoms with Gasteiger partial charge in [0.15, 0.2) is 6.39 Å². The second-order valence-electron chi connectivity index (χ2n) is 10.7. The predicted octanol–water partition coefficient (Wildman–Crippen LogP) is 1.89. The van der Waals surface area contributed by atoms with Gasteiger partial charge in [0.1, 0.15) is 23.5 Å². The summed E-state index contributed by atoms with van der Waals surface area (Å²) >= 11 is 0. The molecule has 10 heteroatoms. The van der Waals surface area contributed by atoms with E-state index in [0.717, 1.165) is 42.8 Å². The Kier molecular flexibility index (Phi) is 5.50. The number of carbonyl (C=O) groups excluding carboxylic acids is 2. The molecule has 33 heavy (non-hydrogen) atoms. The van der Waals surface area contributed by atoms with Crippen LogP contribution in [0.1, 0.15) is 87.9 Å². The highest BCUT2D eigenvalue weighted by Gasteiger charge is 2.45. The van der Waals surface area contributed by atoms with E-state index in [1.165, 1.54) is 11.3 Å². The Morgan fingerprint density at radius 3 is 2.64 bits per heavy atom. The summed E-state index contributed by atoms with van der Waals surface area (Å²) in [6.07, 6.45) is 7.06. The van der Waals surface area contributed by atoms with E-state index in [1.807, 2.05) is 27.0 Å². The molecule has 3 atom stereocenters. The Balaban J connectivity index is 1.32. The van der Waals surface area contributed by atoms with Crippen LogP contribution in [0.5, 0.6) is 0 Å². The summed E-state index contributed by atoms with van der Waals surface area (Å²) in [7, 11) is 0. The van der Waals surface area contributed by atoms with Gasteiger partial charge >= 0.3 is 0 Å². The lowest BCUT2D eigenvalue weighted by Gasteiger charge is -2.34. The second-order valence-corrected chi connectivity index (χ2v) is 10.7. The fourth-order valence-corrected chi connectivity index (χ4v) is 4.70. The number of nitrogens with one attached hydrogen (secondary N) is 1. The molecule has 2 aromatic rings. The summed E-state index contributed by atoms with van der Waals surface area (Å²) in [6, 6.07) is -1.38. The number of amides is 2. The van der Waals surface area contributed by atoms with Crippen LogP contribution in [0.4, 0.5) is 0 Å². The lowest BCUT2D eigenvalue weighted by Crippen LogP contribution is -2.50. The molecule has 2 unspecified atom stereocenters. The highest BCUT2D eigenvalue weighted by molar-refractivity contribution is 5.90. The molecular weight excluding hydrogens is 424 g/mol. The maximum Gasteiger partial charge on any atom is 0.248 e. The Morgan fingerprint density at radius 2 is 1.97 bits per heavy atom. The van der Waals surface area contributed by atoms with Crippen LogP contribution in [0.15, 0.2) is 17.0 Å². The van der Waals surface area contributed by atoms with Gasteiger partial charge in [-0.25, -0.2) is 9.67 Å². The predicted molar refractivity (Wildman–Crippen MR) is 117 cm³/mol. The van der Waals surface area contributed by atoms with Gasteiger partial charge in [0, 0.05) is 31.0 Å². The van der Waals surface area contributed by atoms with Crippen molar-refractivity contribution in [2.24, 2.45) is 5.41 Å². The van der Waals surface area contributed by atoms with Gasteiger partial charge in [0.25, 0.3) is 0 Å². The smallest absolute Gasteiger partial charge is 0.248 e. The minimum absolute atomic E-state index is 0.116. The minimum Gasteiger partial charge on any atom is -0.448 e. The van der Waals surface area contributed by atoms with Crippen molar-refractivity contribution in [3.8, 4) is 0 Å². The molecule has 0 radical (unpaired) electrons. The first-order valence-electron chi connectivity index (χ1n) is 11.8. The Bertz CT molecular complexity index is 1030. The van der Waals surface area contributed by atoms with E-state index in [0.29, 0.717) is 11.8 Å². The molecule has 3 fully saturated rings. The molecule has 0 spiro atoms. The average molecular weight is 457 g/mol. The van der Waals surface area contributed by atoms with Crippen molar-refractivity contribution < 1.29 is 19.1 Å². The van der Waals surface area contributed by atoms with Crippen molar-refractivity contribution in [2.75, 3.05) is 6.54 Å². The van der Waals surface area contributed by atoms with E-state index < -0.39 is 23.6 Å². The highest BCUT2D eigenvalue weighted by Crippen LogP contribution is 2.42. The van der Waals surface area contributed by atoms with Crippen LogP contribution >= 0.6 is 0 Å². The van der Waals surface area contributed by atoms with Crippen molar-refractivity contribution in [1.29, 1.82) is 0 Å². The third-order valence-electron chi connectivity index (χ3n) is 6.76. The largest absolute Gasteiger partial charge is 0.448 e. The number of carbonyl (C=O) groups is 2. The van der Waals surface area contributed by atoms with E-state index in [9.17, 15) is 14.7 Å². The number of hydrogen-bond acceptors (Lipinski definition) is 7. The zero-order valence-electron chi connectivity index (χ0n) is 19.4.